The molecule has 1 fully saturated rings. The van der Waals surface area contributed by atoms with Crippen molar-refractivity contribution in [1.29, 1.82) is 0 Å². The number of aromatic nitrogens is 1. The van der Waals surface area contributed by atoms with Crippen LogP contribution in [-0.2, 0) is 11.3 Å². The van der Waals surface area contributed by atoms with Crippen LogP contribution in [0.15, 0.2) is 24.4 Å². The van der Waals surface area contributed by atoms with Gasteiger partial charge in [0.2, 0.25) is 5.91 Å². The van der Waals surface area contributed by atoms with Crippen molar-refractivity contribution in [3.63, 3.8) is 0 Å². The number of carbonyl (C=O) groups is 2. The molecule has 7 nitrogen and oxygen atoms in total. The summed E-state index contributed by atoms with van der Waals surface area (Å²) in [7, 11) is 3.32. The molecule has 0 radical (unpaired) electrons. The summed E-state index contributed by atoms with van der Waals surface area (Å²) in [5.74, 6) is 0.706. The van der Waals surface area contributed by atoms with Gasteiger partial charge in [-0.1, -0.05) is 0 Å². The molecule has 3 rings (SSSR count). The predicted octanol–water partition coefficient (Wildman–Crippen LogP) is 3.64. The van der Waals surface area contributed by atoms with Crippen LogP contribution in [0.2, 0.25) is 0 Å². The van der Waals surface area contributed by atoms with E-state index in [1.165, 1.54) is 0 Å². The number of urea groups is 1. The van der Waals surface area contributed by atoms with Crippen LogP contribution in [0.4, 0.5) is 16.2 Å². The van der Waals surface area contributed by atoms with Gasteiger partial charge in [0.05, 0.1) is 24.3 Å². The molecule has 144 valence electrons. The second-order valence-electron chi connectivity index (χ2n) is 6.52. The van der Waals surface area contributed by atoms with Gasteiger partial charge in [-0.2, -0.15) is 0 Å². The Balaban J connectivity index is 1.73. The smallest absolute Gasteiger partial charge is 0.321 e. The highest BCUT2D eigenvalue weighted by molar-refractivity contribution is 7.11. The molecule has 1 aliphatic rings. The summed E-state index contributed by atoms with van der Waals surface area (Å²) in [6.45, 7) is 3.09. The van der Waals surface area contributed by atoms with E-state index in [0.717, 1.165) is 22.7 Å². The third-order valence-corrected chi connectivity index (χ3v) is 5.35. The van der Waals surface area contributed by atoms with Crippen molar-refractivity contribution in [2.75, 3.05) is 30.9 Å². The van der Waals surface area contributed by atoms with Crippen LogP contribution in [0.1, 0.15) is 29.1 Å². The van der Waals surface area contributed by atoms with Crippen molar-refractivity contribution in [1.82, 2.24) is 9.88 Å². The Morgan fingerprint density at radius 1 is 1.41 bits per heavy atom. The lowest BCUT2D eigenvalue weighted by atomic mass is 10.1. The van der Waals surface area contributed by atoms with Crippen LogP contribution in [0.5, 0.6) is 5.75 Å². The second-order valence-corrected chi connectivity index (χ2v) is 7.84. The first-order valence-electron chi connectivity index (χ1n) is 8.89. The van der Waals surface area contributed by atoms with E-state index in [0.29, 0.717) is 36.6 Å². The van der Waals surface area contributed by atoms with Gasteiger partial charge in [0.15, 0.2) is 0 Å². The number of nitrogens with zero attached hydrogens (tertiary/aromatic N) is 3. The first kappa shape index (κ1) is 19.2. The van der Waals surface area contributed by atoms with Gasteiger partial charge in [0.25, 0.3) is 0 Å². The predicted molar refractivity (Wildman–Crippen MR) is 107 cm³/mol. The van der Waals surface area contributed by atoms with E-state index < -0.39 is 0 Å². The number of thiazole rings is 1. The SMILES string of the molecule is COc1ccc(NC(=O)N(C)Cc2cnc(C)s2)cc1N1CCCCC1=O. The minimum absolute atomic E-state index is 0.0840. The average Bonchev–Trinajstić information content (AvgIpc) is 3.06. The van der Waals surface area contributed by atoms with Gasteiger partial charge < -0.3 is 19.9 Å². The zero-order chi connectivity index (χ0) is 19.4. The normalized spacial score (nSPS) is 14.2. The monoisotopic (exact) mass is 388 g/mol. The van der Waals surface area contributed by atoms with Gasteiger partial charge in [-0.15, -0.1) is 11.3 Å². The number of methoxy groups -OCH3 is 1. The molecule has 1 aliphatic heterocycles. The maximum absolute atomic E-state index is 12.5. The molecule has 27 heavy (non-hydrogen) atoms. The van der Waals surface area contributed by atoms with Gasteiger partial charge in [0.1, 0.15) is 5.75 Å². The van der Waals surface area contributed by atoms with Gasteiger partial charge in [0, 0.05) is 36.8 Å². The van der Waals surface area contributed by atoms with Crippen molar-refractivity contribution in [2.45, 2.75) is 32.7 Å². The molecule has 2 heterocycles. The van der Waals surface area contributed by atoms with E-state index in [1.807, 2.05) is 6.92 Å². The van der Waals surface area contributed by atoms with E-state index in [9.17, 15) is 9.59 Å². The number of piperidine rings is 1. The molecule has 1 N–H and O–H groups in total. The third-order valence-electron chi connectivity index (χ3n) is 4.45. The number of anilines is 2. The van der Waals surface area contributed by atoms with Gasteiger partial charge in [-0.25, -0.2) is 9.78 Å². The van der Waals surface area contributed by atoms with Crippen molar-refractivity contribution in [3.8, 4) is 5.75 Å². The van der Waals surface area contributed by atoms with Crippen molar-refractivity contribution in [2.24, 2.45) is 0 Å². The zero-order valence-electron chi connectivity index (χ0n) is 15.8. The highest BCUT2D eigenvalue weighted by atomic mass is 32.1. The maximum Gasteiger partial charge on any atom is 0.321 e. The fraction of sp³-hybridized carbons (Fsp3) is 0.421. The molecular weight excluding hydrogens is 364 g/mol. The van der Waals surface area contributed by atoms with Gasteiger partial charge in [-0.3, -0.25) is 4.79 Å². The fourth-order valence-corrected chi connectivity index (χ4v) is 3.89. The highest BCUT2D eigenvalue weighted by Crippen LogP contribution is 2.33. The number of hydrogen-bond donors (Lipinski definition) is 1. The summed E-state index contributed by atoms with van der Waals surface area (Å²) < 4.78 is 5.41. The van der Waals surface area contributed by atoms with E-state index in [2.05, 4.69) is 10.3 Å². The molecule has 0 aliphatic carbocycles. The van der Waals surface area contributed by atoms with E-state index in [-0.39, 0.29) is 11.9 Å². The lowest BCUT2D eigenvalue weighted by molar-refractivity contribution is -0.119. The number of hydrogen-bond acceptors (Lipinski definition) is 5. The Labute approximate surface area is 162 Å². The second kappa shape index (κ2) is 8.39. The Morgan fingerprint density at radius 3 is 2.89 bits per heavy atom. The minimum Gasteiger partial charge on any atom is -0.495 e. The number of nitrogens with one attached hydrogen (secondary N) is 1. The number of aryl methyl sites for hydroxylation is 1. The number of ether oxygens (including phenoxy) is 1. The first-order valence-corrected chi connectivity index (χ1v) is 9.71. The lowest BCUT2D eigenvalue weighted by Crippen LogP contribution is -2.35. The molecule has 2 aromatic rings. The summed E-state index contributed by atoms with van der Waals surface area (Å²) in [6.07, 6.45) is 4.20. The standard InChI is InChI=1S/C19H24N4O3S/c1-13-20-11-15(27-13)12-22(2)19(25)21-14-7-8-17(26-3)16(10-14)23-9-5-4-6-18(23)24/h7-8,10-11H,4-6,9,12H2,1-3H3,(H,21,25). The van der Waals surface area contributed by atoms with Gasteiger partial charge >= 0.3 is 6.03 Å². The summed E-state index contributed by atoms with van der Waals surface area (Å²) in [5, 5.41) is 3.87. The van der Waals surface area contributed by atoms with Crippen LogP contribution in [-0.4, -0.2) is 42.5 Å². The highest BCUT2D eigenvalue weighted by Gasteiger charge is 2.23. The lowest BCUT2D eigenvalue weighted by Gasteiger charge is -2.28. The fourth-order valence-electron chi connectivity index (χ4n) is 3.04. The molecule has 3 amide bonds. The summed E-state index contributed by atoms with van der Waals surface area (Å²) in [6, 6.07) is 5.13. The van der Waals surface area contributed by atoms with Crippen LogP contribution in [0.25, 0.3) is 0 Å². The van der Waals surface area contributed by atoms with Crippen LogP contribution < -0.4 is 15.0 Å². The van der Waals surface area contributed by atoms with Crippen molar-refractivity contribution in [3.05, 3.63) is 34.3 Å². The van der Waals surface area contributed by atoms with Crippen LogP contribution in [0, 0.1) is 6.92 Å². The molecule has 0 spiro atoms. The Kier molecular flexibility index (Phi) is 5.95. The largest absolute Gasteiger partial charge is 0.495 e. The third kappa shape index (κ3) is 4.57. The molecule has 1 aromatic carbocycles. The number of carbonyl (C=O) groups excluding carboxylic acids is 2. The van der Waals surface area contributed by atoms with E-state index >= 15 is 0 Å². The Hall–Kier alpha value is -2.61. The number of amides is 3. The van der Waals surface area contributed by atoms with Gasteiger partial charge in [-0.05, 0) is 38.0 Å². The Bertz CT molecular complexity index is 836. The molecule has 0 atom stereocenters. The molecule has 8 heteroatoms. The zero-order valence-corrected chi connectivity index (χ0v) is 16.6. The van der Waals surface area contributed by atoms with Crippen LogP contribution in [0.3, 0.4) is 0 Å². The van der Waals surface area contributed by atoms with Crippen LogP contribution >= 0.6 is 11.3 Å². The van der Waals surface area contributed by atoms with Crippen molar-refractivity contribution < 1.29 is 14.3 Å². The summed E-state index contributed by atoms with van der Waals surface area (Å²) in [5.41, 5.74) is 1.32. The molecule has 0 unspecified atom stereocenters. The summed E-state index contributed by atoms with van der Waals surface area (Å²) >= 11 is 1.57. The minimum atomic E-state index is -0.220. The topological polar surface area (TPSA) is 74.8 Å². The molecule has 0 saturated carbocycles. The maximum atomic E-state index is 12.5. The number of benzene rings is 1. The Morgan fingerprint density at radius 2 is 2.22 bits per heavy atom. The van der Waals surface area contributed by atoms with E-state index in [1.54, 1.807) is 59.7 Å². The molecule has 1 aromatic heterocycles. The van der Waals surface area contributed by atoms with E-state index in [4.69, 9.17) is 4.74 Å². The average molecular weight is 388 g/mol. The molecular formula is C19H24N4O3S. The molecule has 0 bridgehead atoms. The summed E-state index contributed by atoms with van der Waals surface area (Å²) in [4.78, 5) is 33.4. The number of rotatable bonds is 5. The quantitative estimate of drug-likeness (QED) is 0.849. The van der Waals surface area contributed by atoms with Crippen molar-refractivity contribution >= 4 is 34.6 Å². The molecule has 1 saturated heterocycles. The first-order chi connectivity index (χ1) is 13.0.